The van der Waals surface area contributed by atoms with Gasteiger partial charge in [-0.1, -0.05) is 12.1 Å². The Morgan fingerprint density at radius 2 is 1.79 bits per heavy atom. The molecule has 206 valence electrons. The molecule has 3 atom stereocenters. The van der Waals surface area contributed by atoms with Crippen molar-refractivity contribution in [2.24, 2.45) is 0 Å². The lowest BCUT2D eigenvalue weighted by atomic mass is 10.1. The molecule has 2 aromatic carbocycles. The first-order valence-electron chi connectivity index (χ1n) is 12.6. The van der Waals surface area contributed by atoms with E-state index in [0.717, 1.165) is 29.9 Å². The van der Waals surface area contributed by atoms with Crippen LogP contribution < -0.4 is 15.4 Å². The Kier molecular flexibility index (Phi) is 8.69. The maximum atomic E-state index is 13.3. The third kappa shape index (κ3) is 7.09. The quantitative estimate of drug-likeness (QED) is 0.441. The van der Waals surface area contributed by atoms with E-state index in [1.54, 1.807) is 7.11 Å². The summed E-state index contributed by atoms with van der Waals surface area (Å²) in [5, 5.41) is 5.92. The molecule has 11 heteroatoms. The van der Waals surface area contributed by atoms with Crippen LogP contribution in [0.2, 0.25) is 0 Å². The maximum absolute atomic E-state index is 13.3. The van der Waals surface area contributed by atoms with Crippen molar-refractivity contribution in [1.29, 1.82) is 0 Å². The summed E-state index contributed by atoms with van der Waals surface area (Å²) in [4.78, 5) is 27.5. The molecular weight excluding hydrogens is 513 g/mol. The van der Waals surface area contributed by atoms with E-state index in [-0.39, 0.29) is 29.3 Å². The first kappa shape index (κ1) is 28.0. The van der Waals surface area contributed by atoms with Gasteiger partial charge in [-0.3, -0.25) is 9.59 Å². The van der Waals surface area contributed by atoms with E-state index >= 15 is 0 Å². The number of hydrogen-bond acceptors (Lipinski definition) is 7. The average Bonchev–Trinajstić information content (AvgIpc) is 3.59. The molecule has 2 N–H and O–H groups in total. The summed E-state index contributed by atoms with van der Waals surface area (Å²) < 4.78 is 49.9. The Morgan fingerprint density at radius 3 is 2.42 bits per heavy atom. The molecule has 1 aliphatic heterocycles. The lowest BCUT2D eigenvalue weighted by molar-refractivity contribution is -0.136. The van der Waals surface area contributed by atoms with Crippen molar-refractivity contribution in [3.8, 4) is 5.75 Å². The number of benzene rings is 2. The van der Waals surface area contributed by atoms with Crippen LogP contribution in [0.15, 0.2) is 48.5 Å². The minimum Gasteiger partial charge on any atom is -0.497 e. The predicted molar refractivity (Wildman–Crippen MR) is 140 cm³/mol. The first-order chi connectivity index (χ1) is 18.1. The van der Waals surface area contributed by atoms with E-state index in [1.165, 1.54) is 17.0 Å². The Balaban J connectivity index is 1.37. The van der Waals surface area contributed by atoms with Crippen molar-refractivity contribution in [2.75, 3.05) is 51.5 Å². The van der Waals surface area contributed by atoms with Crippen molar-refractivity contribution >= 4 is 21.7 Å². The van der Waals surface area contributed by atoms with Crippen LogP contribution in [0.5, 0.6) is 5.75 Å². The van der Waals surface area contributed by atoms with Crippen molar-refractivity contribution in [1.82, 2.24) is 15.5 Å². The highest BCUT2D eigenvalue weighted by molar-refractivity contribution is 7.91. The normalized spacial score (nSPS) is 22.0. The van der Waals surface area contributed by atoms with Crippen LogP contribution in [0.1, 0.15) is 35.2 Å². The number of carbonyl (C=O) groups is 2. The van der Waals surface area contributed by atoms with Crippen LogP contribution in [0.4, 0.5) is 4.39 Å². The largest absolute Gasteiger partial charge is 0.497 e. The second kappa shape index (κ2) is 11.8. The Labute approximate surface area is 222 Å². The highest BCUT2D eigenvalue weighted by Crippen LogP contribution is 2.51. The summed E-state index contributed by atoms with van der Waals surface area (Å²) in [5.41, 5.74) is 1.07. The fourth-order valence-corrected chi connectivity index (χ4v) is 6.05. The van der Waals surface area contributed by atoms with Gasteiger partial charge in [0.15, 0.2) is 9.84 Å². The number of morpholine rings is 1. The van der Waals surface area contributed by atoms with Crippen molar-refractivity contribution in [3.63, 3.8) is 0 Å². The van der Waals surface area contributed by atoms with Crippen LogP contribution in [-0.2, 0) is 19.4 Å². The van der Waals surface area contributed by atoms with E-state index in [2.05, 4.69) is 17.6 Å². The number of carbonyl (C=O) groups excluding carboxylic acids is 2. The second-order valence-electron chi connectivity index (χ2n) is 9.96. The second-order valence-corrected chi connectivity index (χ2v) is 12.2. The lowest BCUT2D eigenvalue weighted by Crippen LogP contribution is -2.54. The van der Waals surface area contributed by atoms with Gasteiger partial charge in [0, 0.05) is 36.7 Å². The maximum Gasteiger partial charge on any atom is 0.251 e. The number of nitrogens with one attached hydrogen (secondary N) is 2. The number of rotatable bonds is 11. The van der Waals surface area contributed by atoms with E-state index in [1.807, 2.05) is 24.3 Å². The predicted octanol–water partition coefficient (Wildman–Crippen LogP) is 1.74. The van der Waals surface area contributed by atoms with Gasteiger partial charge in [-0.15, -0.1) is 0 Å². The first-order valence-corrected chi connectivity index (χ1v) is 14.4. The lowest BCUT2D eigenvalue weighted by Gasteiger charge is -2.30. The summed E-state index contributed by atoms with van der Waals surface area (Å²) in [6.07, 6.45) is 0.880. The van der Waals surface area contributed by atoms with Crippen LogP contribution >= 0.6 is 0 Å². The zero-order valence-electron chi connectivity index (χ0n) is 21.6. The molecule has 9 nitrogen and oxygen atoms in total. The number of amides is 2. The third-order valence-corrected chi connectivity index (χ3v) is 8.82. The van der Waals surface area contributed by atoms with Crippen molar-refractivity contribution in [2.45, 2.75) is 30.8 Å². The van der Waals surface area contributed by atoms with Gasteiger partial charge in [0.1, 0.15) is 17.6 Å². The monoisotopic (exact) mass is 547 g/mol. The fraction of sp³-hybridized carbons (Fsp3) is 0.481. The minimum atomic E-state index is -3.72. The van der Waals surface area contributed by atoms with Gasteiger partial charge >= 0.3 is 0 Å². The molecule has 2 amide bonds. The van der Waals surface area contributed by atoms with Gasteiger partial charge < -0.3 is 25.0 Å². The highest BCUT2D eigenvalue weighted by atomic mass is 32.2. The molecular formula is C27H34FN3O6S. The summed E-state index contributed by atoms with van der Waals surface area (Å²) in [7, 11) is -2.10. The number of halogens is 1. The van der Waals surface area contributed by atoms with Crippen LogP contribution in [-0.4, -0.2) is 88.2 Å². The number of ether oxygens (including phenoxy) is 2. The average molecular weight is 548 g/mol. The third-order valence-electron chi connectivity index (χ3n) is 7.15. The minimum absolute atomic E-state index is 0.136. The Morgan fingerprint density at radius 1 is 1.13 bits per heavy atom. The van der Waals surface area contributed by atoms with E-state index in [4.69, 9.17) is 9.47 Å². The molecule has 0 aromatic heterocycles. The van der Waals surface area contributed by atoms with Gasteiger partial charge in [-0.2, -0.15) is 0 Å². The molecule has 0 spiro atoms. The van der Waals surface area contributed by atoms with Gasteiger partial charge in [-0.05, 0) is 55.3 Å². The topological polar surface area (TPSA) is 114 Å². The summed E-state index contributed by atoms with van der Waals surface area (Å²) in [6.45, 7) is 3.59. The number of hydrogen-bond donors (Lipinski definition) is 2. The molecule has 2 aromatic rings. The smallest absolute Gasteiger partial charge is 0.251 e. The molecule has 38 heavy (non-hydrogen) atoms. The van der Waals surface area contributed by atoms with E-state index in [0.29, 0.717) is 26.3 Å². The SMILES string of the molecule is COc1ccc([C@@H]2C[C@@]2(C)NCCS(=O)(=O)C[C@H](NC(=O)c2ccc(F)cc2)C(=O)N2CCOCC2)cc1. The zero-order chi connectivity index (χ0) is 27.3. The molecule has 4 rings (SSSR count). The number of sulfone groups is 1. The van der Waals surface area contributed by atoms with Crippen molar-refractivity contribution in [3.05, 3.63) is 65.5 Å². The molecule has 0 bridgehead atoms. The van der Waals surface area contributed by atoms with Gasteiger partial charge in [0.2, 0.25) is 5.91 Å². The molecule has 1 heterocycles. The number of methoxy groups -OCH3 is 1. The molecule has 0 unspecified atom stereocenters. The summed E-state index contributed by atoms with van der Waals surface area (Å²) in [5.74, 6) is -1.29. The van der Waals surface area contributed by atoms with Crippen LogP contribution in [0.25, 0.3) is 0 Å². The summed E-state index contributed by atoms with van der Waals surface area (Å²) >= 11 is 0. The number of nitrogens with zero attached hydrogens (tertiary/aromatic N) is 1. The van der Waals surface area contributed by atoms with Crippen molar-refractivity contribution < 1.29 is 31.9 Å². The molecule has 2 fully saturated rings. The van der Waals surface area contributed by atoms with E-state index in [9.17, 15) is 22.4 Å². The van der Waals surface area contributed by atoms with Gasteiger partial charge in [-0.25, -0.2) is 12.8 Å². The standard InChI is InChI=1S/C27H34FN3O6S/c1-27(17-23(27)19-5-9-22(36-2)10-6-19)29-11-16-38(34,35)18-24(26(33)31-12-14-37-15-13-31)30-25(32)20-3-7-21(28)8-4-20/h3-10,23-24,29H,11-18H2,1-2H3,(H,30,32)/t23-,24-,27+/m0/s1. The molecule has 1 saturated heterocycles. The molecule has 1 aliphatic carbocycles. The molecule has 0 radical (unpaired) electrons. The molecule has 2 aliphatic rings. The molecule has 1 saturated carbocycles. The van der Waals surface area contributed by atoms with Crippen LogP contribution in [0, 0.1) is 5.82 Å². The Bertz CT molecular complexity index is 1230. The van der Waals surface area contributed by atoms with Crippen LogP contribution in [0.3, 0.4) is 0 Å². The summed E-state index contributed by atoms with van der Waals surface area (Å²) in [6, 6.07) is 11.4. The fourth-order valence-electron chi connectivity index (χ4n) is 4.73. The van der Waals surface area contributed by atoms with Gasteiger partial charge in [0.05, 0.1) is 31.8 Å². The highest BCUT2D eigenvalue weighted by Gasteiger charge is 2.50. The zero-order valence-corrected chi connectivity index (χ0v) is 22.4. The Hall–Kier alpha value is -3.02. The van der Waals surface area contributed by atoms with E-state index < -0.39 is 39.3 Å². The van der Waals surface area contributed by atoms with Gasteiger partial charge in [0.25, 0.3) is 5.91 Å².